The molecule has 0 radical (unpaired) electrons. The highest BCUT2D eigenvalue weighted by molar-refractivity contribution is 5.93. The van der Waals surface area contributed by atoms with Crippen molar-refractivity contribution in [1.82, 2.24) is 14.5 Å². The first-order valence-corrected chi connectivity index (χ1v) is 6.55. The van der Waals surface area contributed by atoms with Crippen LogP contribution in [0.5, 0.6) is 0 Å². The van der Waals surface area contributed by atoms with Crippen molar-refractivity contribution in [1.29, 1.82) is 0 Å². The average Bonchev–Trinajstić information content (AvgIpc) is 2.86. The second-order valence-electron chi connectivity index (χ2n) is 4.91. The van der Waals surface area contributed by atoms with Crippen molar-refractivity contribution in [2.75, 3.05) is 0 Å². The summed E-state index contributed by atoms with van der Waals surface area (Å²) in [5, 5.41) is 9.42. The Morgan fingerprint density at radius 3 is 2.52 bits per heavy atom. The van der Waals surface area contributed by atoms with Gasteiger partial charge in [0.05, 0.1) is 5.56 Å². The zero-order chi connectivity index (χ0) is 16.6. The van der Waals surface area contributed by atoms with Crippen LogP contribution in [-0.2, 0) is 12.7 Å². The predicted molar refractivity (Wildman–Crippen MR) is 75.0 cm³/mol. The molecule has 5 nitrogen and oxygen atoms in total. The third kappa shape index (κ3) is 2.87. The molecule has 0 aliphatic carbocycles. The quantitative estimate of drug-likeness (QED) is 0.804. The summed E-state index contributed by atoms with van der Waals surface area (Å²) in [5.74, 6) is -1.23. The third-order valence-electron chi connectivity index (χ3n) is 3.37. The summed E-state index contributed by atoms with van der Waals surface area (Å²) in [6, 6.07) is 5.49. The maximum Gasteiger partial charge on any atom is 0.417 e. The van der Waals surface area contributed by atoms with Crippen LogP contribution in [0.3, 0.4) is 0 Å². The summed E-state index contributed by atoms with van der Waals surface area (Å²) in [5.41, 5.74) is -0.0828. The Morgan fingerprint density at radius 2 is 1.91 bits per heavy atom. The van der Waals surface area contributed by atoms with E-state index < -0.39 is 17.7 Å². The number of fused-ring (bicyclic) bond motifs is 1. The number of halogens is 3. The van der Waals surface area contributed by atoms with Crippen LogP contribution in [0.2, 0.25) is 0 Å². The van der Waals surface area contributed by atoms with Gasteiger partial charge >= 0.3 is 12.1 Å². The van der Waals surface area contributed by atoms with Gasteiger partial charge in [0.2, 0.25) is 0 Å². The smallest absolute Gasteiger partial charge is 0.417 e. The van der Waals surface area contributed by atoms with E-state index in [-0.39, 0.29) is 23.3 Å². The molecule has 0 amide bonds. The Labute approximate surface area is 128 Å². The van der Waals surface area contributed by atoms with Crippen LogP contribution in [0.1, 0.15) is 21.6 Å². The molecule has 0 bridgehead atoms. The van der Waals surface area contributed by atoms with Gasteiger partial charge in [0.15, 0.2) is 0 Å². The number of aromatic carboxylic acids is 1. The van der Waals surface area contributed by atoms with E-state index in [1.54, 1.807) is 24.5 Å². The first-order valence-electron chi connectivity index (χ1n) is 6.55. The first kappa shape index (κ1) is 15.0. The van der Waals surface area contributed by atoms with Crippen molar-refractivity contribution >= 4 is 17.0 Å². The molecule has 0 saturated carbocycles. The fourth-order valence-corrected chi connectivity index (χ4v) is 2.31. The zero-order valence-corrected chi connectivity index (χ0v) is 11.6. The van der Waals surface area contributed by atoms with Crippen molar-refractivity contribution in [3.8, 4) is 0 Å². The lowest BCUT2D eigenvalue weighted by atomic mass is 10.2. The van der Waals surface area contributed by atoms with Crippen LogP contribution in [0.25, 0.3) is 11.0 Å². The van der Waals surface area contributed by atoms with Crippen molar-refractivity contribution in [2.24, 2.45) is 0 Å². The first-order chi connectivity index (χ1) is 10.9. The highest BCUT2D eigenvalue weighted by Crippen LogP contribution is 2.31. The van der Waals surface area contributed by atoms with Gasteiger partial charge in [-0.2, -0.15) is 13.2 Å². The second kappa shape index (κ2) is 5.38. The van der Waals surface area contributed by atoms with Gasteiger partial charge in [0.1, 0.15) is 11.3 Å². The van der Waals surface area contributed by atoms with E-state index >= 15 is 0 Å². The number of carboxylic acids is 1. The van der Waals surface area contributed by atoms with Gasteiger partial charge in [0.25, 0.3) is 0 Å². The molecule has 0 atom stereocenters. The number of carboxylic acid groups (broad SMARTS) is 1. The van der Waals surface area contributed by atoms with Gasteiger partial charge in [-0.25, -0.2) is 9.78 Å². The molecular formula is C15H10F3N3O2. The minimum Gasteiger partial charge on any atom is -0.477 e. The predicted octanol–water partition coefficient (Wildman–Crippen LogP) is 3.20. The maximum atomic E-state index is 12.8. The van der Waals surface area contributed by atoms with Gasteiger partial charge in [-0.15, -0.1) is 0 Å². The SMILES string of the molecule is O=C(O)c1cc2cc(C(F)(F)F)cnc2n1Cc1ccncc1. The molecular weight excluding hydrogens is 311 g/mol. The Hall–Kier alpha value is -2.90. The van der Waals surface area contributed by atoms with E-state index in [0.29, 0.717) is 6.20 Å². The summed E-state index contributed by atoms with van der Waals surface area (Å²) >= 11 is 0. The van der Waals surface area contributed by atoms with E-state index in [9.17, 15) is 23.1 Å². The van der Waals surface area contributed by atoms with Crippen molar-refractivity contribution < 1.29 is 23.1 Å². The minimum absolute atomic E-state index is 0.122. The summed E-state index contributed by atoms with van der Waals surface area (Å²) in [4.78, 5) is 19.1. The van der Waals surface area contributed by atoms with Gasteiger partial charge in [-0.05, 0) is 29.8 Å². The largest absolute Gasteiger partial charge is 0.477 e. The van der Waals surface area contributed by atoms with Gasteiger partial charge in [-0.3, -0.25) is 4.98 Å². The molecule has 3 rings (SSSR count). The number of carbonyl (C=O) groups is 1. The summed E-state index contributed by atoms with van der Waals surface area (Å²) in [7, 11) is 0. The van der Waals surface area contributed by atoms with Crippen molar-refractivity contribution in [3.05, 3.63) is 59.7 Å². The number of hydrogen-bond acceptors (Lipinski definition) is 3. The molecule has 23 heavy (non-hydrogen) atoms. The van der Waals surface area contributed by atoms with Crippen LogP contribution >= 0.6 is 0 Å². The van der Waals surface area contributed by atoms with Gasteiger partial charge in [-0.1, -0.05) is 0 Å². The molecule has 0 fully saturated rings. The normalized spacial score (nSPS) is 11.8. The fraction of sp³-hybridized carbons (Fsp3) is 0.133. The molecule has 1 N–H and O–H groups in total. The van der Waals surface area contributed by atoms with Crippen molar-refractivity contribution in [2.45, 2.75) is 12.7 Å². The third-order valence-corrected chi connectivity index (χ3v) is 3.37. The van der Waals surface area contributed by atoms with Crippen LogP contribution in [-0.4, -0.2) is 25.6 Å². The van der Waals surface area contributed by atoms with Crippen molar-refractivity contribution in [3.63, 3.8) is 0 Å². The second-order valence-corrected chi connectivity index (χ2v) is 4.91. The van der Waals surface area contributed by atoms with Crippen LogP contribution in [0, 0.1) is 0 Å². The van der Waals surface area contributed by atoms with E-state index in [1.807, 2.05) is 0 Å². The lowest BCUT2D eigenvalue weighted by molar-refractivity contribution is -0.137. The number of pyridine rings is 2. The molecule has 0 aromatic carbocycles. The molecule has 0 aliphatic heterocycles. The molecule has 3 heterocycles. The number of nitrogens with zero attached hydrogens (tertiary/aromatic N) is 3. The van der Waals surface area contributed by atoms with Gasteiger partial charge < -0.3 is 9.67 Å². The number of alkyl halides is 3. The van der Waals surface area contributed by atoms with E-state index in [2.05, 4.69) is 9.97 Å². The van der Waals surface area contributed by atoms with E-state index in [1.165, 1.54) is 10.6 Å². The fourth-order valence-electron chi connectivity index (χ4n) is 2.31. The molecule has 118 valence electrons. The molecule has 0 unspecified atom stereocenters. The Morgan fingerprint density at radius 1 is 1.22 bits per heavy atom. The van der Waals surface area contributed by atoms with Crippen LogP contribution in [0.15, 0.2) is 42.9 Å². The minimum atomic E-state index is -4.53. The van der Waals surface area contributed by atoms with Crippen LogP contribution in [0.4, 0.5) is 13.2 Å². The van der Waals surface area contributed by atoms with E-state index in [0.717, 1.165) is 11.6 Å². The number of aromatic nitrogens is 3. The molecule has 3 aromatic rings. The highest BCUT2D eigenvalue weighted by Gasteiger charge is 2.31. The Bertz CT molecular complexity index is 873. The molecule has 8 heteroatoms. The van der Waals surface area contributed by atoms with E-state index in [4.69, 9.17) is 0 Å². The monoisotopic (exact) mass is 321 g/mol. The lowest BCUT2D eigenvalue weighted by Crippen LogP contribution is -2.10. The topological polar surface area (TPSA) is 68.0 Å². The molecule has 3 aromatic heterocycles. The molecule has 0 aliphatic rings. The summed E-state index contributed by atoms with van der Waals surface area (Å²) < 4.78 is 39.6. The van der Waals surface area contributed by atoms with Crippen LogP contribution < -0.4 is 0 Å². The Balaban J connectivity index is 2.15. The Kier molecular flexibility index (Phi) is 3.51. The highest BCUT2D eigenvalue weighted by atomic mass is 19.4. The molecule has 0 saturated heterocycles. The standard InChI is InChI=1S/C15H10F3N3O2/c16-15(17,18)11-5-10-6-12(14(22)23)21(13(10)20-7-11)8-9-1-3-19-4-2-9/h1-7H,8H2,(H,22,23). The number of hydrogen-bond donors (Lipinski definition) is 1. The number of rotatable bonds is 3. The summed E-state index contributed by atoms with van der Waals surface area (Å²) in [6.07, 6.45) is -0.720. The summed E-state index contributed by atoms with van der Waals surface area (Å²) in [6.45, 7) is 0.173. The average molecular weight is 321 g/mol. The van der Waals surface area contributed by atoms with Gasteiger partial charge in [0, 0.05) is 30.5 Å². The molecule has 0 spiro atoms. The maximum absolute atomic E-state index is 12.8. The zero-order valence-electron chi connectivity index (χ0n) is 11.6. The lowest BCUT2D eigenvalue weighted by Gasteiger charge is -2.09.